The zero-order chi connectivity index (χ0) is 11.1. The van der Waals surface area contributed by atoms with Crippen LogP contribution in [-0.2, 0) is 14.3 Å². The number of thioether (sulfide) groups is 1. The van der Waals surface area contributed by atoms with Gasteiger partial charge in [0.25, 0.3) is 0 Å². The third-order valence-electron chi connectivity index (χ3n) is 1.46. The Morgan fingerprint density at radius 3 is 2.57 bits per heavy atom. The highest BCUT2D eigenvalue weighted by Gasteiger charge is 2.18. The molecule has 82 valence electrons. The van der Waals surface area contributed by atoms with E-state index >= 15 is 0 Å². The standard InChI is InChI=1S/C8H15NO4S/c1-3-13-8(12)5(2)14-4-6(9)7(10)11/h5-6H,3-4,9H2,1-2H3,(H,10,11)/t5?,6-/m0/s1. The zero-order valence-corrected chi connectivity index (χ0v) is 9.04. The normalized spacial score (nSPS) is 14.5. The molecule has 6 heteroatoms. The molecule has 0 aromatic rings. The average Bonchev–Trinajstić information content (AvgIpc) is 2.13. The molecular weight excluding hydrogens is 206 g/mol. The number of aliphatic carboxylic acids is 1. The molecule has 0 fully saturated rings. The highest BCUT2D eigenvalue weighted by Crippen LogP contribution is 2.12. The van der Waals surface area contributed by atoms with E-state index in [2.05, 4.69) is 0 Å². The Bertz CT molecular complexity index is 210. The van der Waals surface area contributed by atoms with Crippen LogP contribution in [-0.4, -0.2) is 40.7 Å². The monoisotopic (exact) mass is 221 g/mol. The molecule has 0 bridgehead atoms. The van der Waals surface area contributed by atoms with Crippen molar-refractivity contribution in [1.82, 2.24) is 0 Å². The first kappa shape index (κ1) is 13.2. The first-order valence-corrected chi connectivity index (χ1v) is 5.30. The highest BCUT2D eigenvalue weighted by molar-refractivity contribution is 8.00. The van der Waals surface area contributed by atoms with E-state index in [1.165, 1.54) is 11.8 Å². The van der Waals surface area contributed by atoms with Crippen LogP contribution in [0, 0.1) is 0 Å². The van der Waals surface area contributed by atoms with E-state index in [0.717, 1.165) is 0 Å². The quantitative estimate of drug-likeness (QED) is 0.617. The second kappa shape index (κ2) is 6.67. The minimum absolute atomic E-state index is 0.204. The molecule has 0 aliphatic heterocycles. The number of nitrogens with two attached hydrogens (primary N) is 1. The summed E-state index contributed by atoms with van der Waals surface area (Å²) >= 11 is 1.18. The number of carboxylic acid groups (broad SMARTS) is 1. The lowest BCUT2D eigenvalue weighted by molar-refractivity contribution is -0.142. The summed E-state index contributed by atoms with van der Waals surface area (Å²) in [5.74, 6) is -1.20. The predicted molar refractivity (Wildman–Crippen MR) is 54.2 cm³/mol. The number of rotatable bonds is 6. The SMILES string of the molecule is CCOC(=O)C(C)SC[C@H](N)C(=O)O. The lowest BCUT2D eigenvalue weighted by atomic mass is 10.4. The molecular formula is C8H15NO4S. The third kappa shape index (κ3) is 5.08. The Labute approximate surface area is 87.0 Å². The Kier molecular flexibility index (Phi) is 6.31. The Morgan fingerprint density at radius 2 is 2.14 bits per heavy atom. The molecule has 0 aliphatic carbocycles. The fourth-order valence-corrected chi connectivity index (χ4v) is 1.49. The van der Waals surface area contributed by atoms with Gasteiger partial charge in [-0.1, -0.05) is 0 Å². The van der Waals surface area contributed by atoms with Gasteiger partial charge < -0.3 is 15.6 Å². The van der Waals surface area contributed by atoms with E-state index in [-0.39, 0.29) is 17.0 Å². The van der Waals surface area contributed by atoms with Gasteiger partial charge in [-0.3, -0.25) is 9.59 Å². The molecule has 0 aromatic heterocycles. The second-order valence-corrected chi connectivity index (χ2v) is 4.05. The number of carboxylic acids is 1. The molecule has 0 saturated heterocycles. The minimum Gasteiger partial charge on any atom is -0.480 e. The summed E-state index contributed by atoms with van der Waals surface area (Å²) in [6.45, 7) is 3.71. The van der Waals surface area contributed by atoms with Crippen molar-refractivity contribution in [3.63, 3.8) is 0 Å². The van der Waals surface area contributed by atoms with E-state index in [9.17, 15) is 9.59 Å². The molecule has 0 radical (unpaired) electrons. The van der Waals surface area contributed by atoms with Gasteiger partial charge in [0.15, 0.2) is 0 Å². The van der Waals surface area contributed by atoms with Gasteiger partial charge in [0, 0.05) is 5.75 Å². The molecule has 0 rings (SSSR count). The fourth-order valence-electron chi connectivity index (χ4n) is 0.647. The molecule has 5 nitrogen and oxygen atoms in total. The molecule has 3 N–H and O–H groups in total. The van der Waals surface area contributed by atoms with E-state index in [4.69, 9.17) is 15.6 Å². The number of esters is 1. The molecule has 2 atom stereocenters. The van der Waals surface area contributed by atoms with E-state index in [1.54, 1.807) is 13.8 Å². The van der Waals surface area contributed by atoms with E-state index in [1.807, 2.05) is 0 Å². The van der Waals surface area contributed by atoms with Gasteiger partial charge >= 0.3 is 11.9 Å². The van der Waals surface area contributed by atoms with Crippen LogP contribution in [0.2, 0.25) is 0 Å². The van der Waals surface area contributed by atoms with Crippen LogP contribution >= 0.6 is 11.8 Å². The summed E-state index contributed by atoms with van der Waals surface area (Å²) in [6, 6.07) is -0.933. The van der Waals surface area contributed by atoms with Crippen LogP contribution in [0.4, 0.5) is 0 Å². The van der Waals surface area contributed by atoms with Crippen LogP contribution in [0.5, 0.6) is 0 Å². The lowest BCUT2D eigenvalue weighted by Crippen LogP contribution is -2.33. The molecule has 0 spiro atoms. The number of ether oxygens (including phenoxy) is 1. The van der Waals surface area contributed by atoms with Gasteiger partial charge in [0.2, 0.25) is 0 Å². The van der Waals surface area contributed by atoms with Crippen molar-refractivity contribution in [1.29, 1.82) is 0 Å². The Balaban J connectivity index is 3.78. The summed E-state index contributed by atoms with van der Waals surface area (Å²) in [6.07, 6.45) is 0. The van der Waals surface area contributed by atoms with Crippen LogP contribution in [0.1, 0.15) is 13.8 Å². The molecule has 0 aliphatic rings. The van der Waals surface area contributed by atoms with Crippen molar-refractivity contribution in [2.75, 3.05) is 12.4 Å². The van der Waals surface area contributed by atoms with Crippen LogP contribution < -0.4 is 5.73 Å². The fraction of sp³-hybridized carbons (Fsp3) is 0.750. The summed E-state index contributed by atoms with van der Waals surface area (Å²) < 4.78 is 4.75. The topological polar surface area (TPSA) is 89.6 Å². The summed E-state index contributed by atoms with van der Waals surface area (Å²) in [5.41, 5.74) is 5.27. The van der Waals surface area contributed by atoms with Gasteiger partial charge in [-0.15, -0.1) is 11.8 Å². The van der Waals surface area contributed by atoms with Gasteiger partial charge in [0.05, 0.1) is 11.9 Å². The van der Waals surface area contributed by atoms with Gasteiger partial charge in [-0.05, 0) is 13.8 Å². The van der Waals surface area contributed by atoms with Crippen LogP contribution in [0.25, 0.3) is 0 Å². The van der Waals surface area contributed by atoms with Crippen molar-refractivity contribution >= 4 is 23.7 Å². The summed E-state index contributed by atoms with van der Waals surface area (Å²) in [7, 11) is 0. The third-order valence-corrected chi connectivity index (χ3v) is 2.71. The summed E-state index contributed by atoms with van der Waals surface area (Å²) in [4.78, 5) is 21.4. The number of hydrogen-bond donors (Lipinski definition) is 2. The maximum absolute atomic E-state index is 11.1. The van der Waals surface area contributed by atoms with Crippen molar-refractivity contribution in [2.24, 2.45) is 5.73 Å². The first-order chi connectivity index (χ1) is 6.49. The molecule has 1 unspecified atom stereocenters. The van der Waals surface area contributed by atoms with Crippen LogP contribution in [0.3, 0.4) is 0 Å². The predicted octanol–water partition coefficient (Wildman–Crippen LogP) is 0.0831. The molecule has 14 heavy (non-hydrogen) atoms. The van der Waals surface area contributed by atoms with Gasteiger partial charge in [-0.2, -0.15) is 0 Å². The van der Waals surface area contributed by atoms with Gasteiger partial charge in [0.1, 0.15) is 6.04 Å². The average molecular weight is 221 g/mol. The van der Waals surface area contributed by atoms with Crippen molar-refractivity contribution < 1.29 is 19.4 Å². The van der Waals surface area contributed by atoms with Crippen molar-refractivity contribution in [2.45, 2.75) is 25.1 Å². The molecule has 0 aromatic carbocycles. The van der Waals surface area contributed by atoms with E-state index < -0.39 is 12.0 Å². The molecule has 0 saturated carbocycles. The maximum Gasteiger partial charge on any atom is 0.321 e. The highest BCUT2D eigenvalue weighted by atomic mass is 32.2. The second-order valence-electron chi connectivity index (χ2n) is 2.67. The number of carbonyl (C=O) groups is 2. The van der Waals surface area contributed by atoms with Gasteiger partial charge in [-0.25, -0.2) is 0 Å². The lowest BCUT2D eigenvalue weighted by Gasteiger charge is -2.11. The smallest absolute Gasteiger partial charge is 0.321 e. The largest absolute Gasteiger partial charge is 0.480 e. The Morgan fingerprint density at radius 1 is 1.57 bits per heavy atom. The zero-order valence-electron chi connectivity index (χ0n) is 8.23. The minimum atomic E-state index is -1.06. The first-order valence-electron chi connectivity index (χ1n) is 4.25. The maximum atomic E-state index is 11.1. The number of hydrogen-bond acceptors (Lipinski definition) is 5. The van der Waals surface area contributed by atoms with Crippen molar-refractivity contribution in [3.05, 3.63) is 0 Å². The summed E-state index contributed by atoms with van der Waals surface area (Å²) in [5, 5.41) is 8.11. The number of carbonyl (C=O) groups excluding carboxylic acids is 1. The van der Waals surface area contributed by atoms with Crippen molar-refractivity contribution in [3.8, 4) is 0 Å². The Hall–Kier alpha value is -0.750. The molecule has 0 heterocycles. The van der Waals surface area contributed by atoms with Crippen LogP contribution in [0.15, 0.2) is 0 Å². The van der Waals surface area contributed by atoms with E-state index in [0.29, 0.717) is 6.61 Å². The molecule has 0 amide bonds.